The zero-order chi connectivity index (χ0) is 12.4. The Morgan fingerprint density at radius 1 is 1.17 bits per heavy atom. The lowest BCUT2D eigenvalue weighted by molar-refractivity contribution is 0.243. The predicted molar refractivity (Wildman–Crippen MR) is 75.9 cm³/mol. The fourth-order valence-corrected chi connectivity index (χ4v) is 2.79. The molecule has 1 N–H and O–H groups in total. The van der Waals surface area contributed by atoms with E-state index in [1.54, 1.807) is 0 Å². The lowest BCUT2D eigenvalue weighted by atomic mass is 10.2. The van der Waals surface area contributed by atoms with Gasteiger partial charge in [0.05, 0.1) is 0 Å². The molecule has 1 aromatic carbocycles. The summed E-state index contributed by atoms with van der Waals surface area (Å²) >= 11 is 0. The van der Waals surface area contributed by atoms with Gasteiger partial charge in [0.25, 0.3) is 0 Å². The Balaban J connectivity index is 1.72. The highest BCUT2D eigenvalue weighted by Gasteiger charge is 2.11. The van der Waals surface area contributed by atoms with Gasteiger partial charge in [-0.3, -0.25) is 0 Å². The quantitative estimate of drug-likeness (QED) is 0.884. The summed E-state index contributed by atoms with van der Waals surface area (Å²) in [5, 5.41) is 4.76. The van der Waals surface area contributed by atoms with Crippen molar-refractivity contribution < 1.29 is 0 Å². The number of rotatable bonds is 3. The van der Waals surface area contributed by atoms with Gasteiger partial charge < -0.3 is 14.8 Å². The molecular weight excluding hydrogens is 222 g/mol. The van der Waals surface area contributed by atoms with Crippen LogP contribution in [0.3, 0.4) is 0 Å². The fourth-order valence-electron chi connectivity index (χ4n) is 2.79. The zero-order valence-electron chi connectivity index (χ0n) is 11.0. The average Bonchev–Trinajstić information content (AvgIpc) is 2.75. The third-order valence-electron chi connectivity index (χ3n) is 3.94. The summed E-state index contributed by atoms with van der Waals surface area (Å²) in [7, 11) is 2.18. The van der Waals surface area contributed by atoms with E-state index in [1.165, 1.54) is 36.2 Å². The molecule has 0 unspecified atom stereocenters. The van der Waals surface area contributed by atoms with Gasteiger partial charge in [0, 0.05) is 57.4 Å². The number of fused-ring (bicyclic) bond motifs is 1. The van der Waals surface area contributed by atoms with Crippen LogP contribution in [0.4, 0.5) is 0 Å². The number of benzene rings is 1. The van der Waals surface area contributed by atoms with Crippen LogP contribution < -0.4 is 5.32 Å². The Morgan fingerprint density at radius 3 is 2.72 bits per heavy atom. The van der Waals surface area contributed by atoms with Crippen LogP contribution in [0.2, 0.25) is 0 Å². The van der Waals surface area contributed by atoms with Crippen LogP contribution >= 0.6 is 0 Å². The molecule has 18 heavy (non-hydrogen) atoms. The molecule has 2 heterocycles. The molecule has 3 rings (SSSR count). The number of aryl methyl sites for hydroxylation is 1. The van der Waals surface area contributed by atoms with Gasteiger partial charge in [-0.1, -0.05) is 18.2 Å². The van der Waals surface area contributed by atoms with Gasteiger partial charge in [-0.05, 0) is 17.5 Å². The molecule has 1 fully saturated rings. The largest absolute Gasteiger partial charge is 0.348 e. The van der Waals surface area contributed by atoms with Crippen molar-refractivity contribution in [3.63, 3.8) is 0 Å². The Hall–Kier alpha value is -1.32. The van der Waals surface area contributed by atoms with Crippen LogP contribution in [0.1, 0.15) is 5.69 Å². The molecule has 0 radical (unpaired) electrons. The van der Waals surface area contributed by atoms with E-state index in [0.29, 0.717) is 0 Å². The summed E-state index contributed by atoms with van der Waals surface area (Å²) in [5.74, 6) is 0. The standard InChI is InChI=1S/C15H21N3/c1-17-14(6-9-18-10-7-16-8-11-18)12-13-4-2-3-5-15(13)17/h2-5,12,16H,6-11H2,1H3. The molecule has 2 aromatic rings. The lowest BCUT2D eigenvalue weighted by Gasteiger charge is -2.27. The van der Waals surface area contributed by atoms with Crippen molar-refractivity contribution in [3.8, 4) is 0 Å². The fraction of sp³-hybridized carbons (Fsp3) is 0.467. The van der Waals surface area contributed by atoms with E-state index >= 15 is 0 Å². The van der Waals surface area contributed by atoms with Crippen molar-refractivity contribution in [2.75, 3.05) is 32.7 Å². The van der Waals surface area contributed by atoms with Crippen LogP contribution in [-0.2, 0) is 13.5 Å². The van der Waals surface area contributed by atoms with Crippen molar-refractivity contribution in [3.05, 3.63) is 36.0 Å². The van der Waals surface area contributed by atoms with Gasteiger partial charge in [-0.15, -0.1) is 0 Å². The Kier molecular flexibility index (Phi) is 3.35. The molecule has 0 bridgehead atoms. The van der Waals surface area contributed by atoms with E-state index in [2.05, 4.69) is 52.2 Å². The number of nitrogens with one attached hydrogen (secondary N) is 1. The molecule has 0 atom stereocenters. The normalized spacial score (nSPS) is 17.4. The van der Waals surface area contributed by atoms with Gasteiger partial charge in [0.15, 0.2) is 0 Å². The number of hydrogen-bond donors (Lipinski definition) is 1. The summed E-state index contributed by atoms with van der Waals surface area (Å²) in [6.45, 7) is 5.81. The van der Waals surface area contributed by atoms with Crippen molar-refractivity contribution >= 4 is 10.9 Å². The summed E-state index contributed by atoms with van der Waals surface area (Å²) in [6, 6.07) is 11.0. The summed E-state index contributed by atoms with van der Waals surface area (Å²) < 4.78 is 2.33. The Labute approximate surface area is 108 Å². The molecule has 0 aliphatic carbocycles. The molecule has 3 nitrogen and oxygen atoms in total. The van der Waals surface area contributed by atoms with Crippen LogP contribution in [0.5, 0.6) is 0 Å². The third kappa shape index (κ3) is 2.28. The maximum atomic E-state index is 3.40. The molecule has 1 aliphatic heterocycles. The van der Waals surface area contributed by atoms with Gasteiger partial charge in [0.2, 0.25) is 0 Å². The first kappa shape index (κ1) is 11.8. The predicted octanol–water partition coefficient (Wildman–Crippen LogP) is 1.63. The topological polar surface area (TPSA) is 20.2 Å². The highest BCUT2D eigenvalue weighted by atomic mass is 15.2. The second-order valence-corrected chi connectivity index (χ2v) is 5.10. The molecule has 1 aromatic heterocycles. The van der Waals surface area contributed by atoms with E-state index in [0.717, 1.165) is 19.5 Å². The summed E-state index contributed by atoms with van der Waals surface area (Å²) in [6.07, 6.45) is 1.14. The number of piperazine rings is 1. The molecule has 1 saturated heterocycles. The molecule has 1 aliphatic rings. The van der Waals surface area contributed by atoms with E-state index in [1.807, 2.05) is 0 Å². The van der Waals surface area contributed by atoms with Crippen LogP contribution in [0.25, 0.3) is 10.9 Å². The minimum atomic E-state index is 1.13. The van der Waals surface area contributed by atoms with Gasteiger partial charge in [-0.2, -0.15) is 0 Å². The van der Waals surface area contributed by atoms with Crippen molar-refractivity contribution in [2.24, 2.45) is 7.05 Å². The number of para-hydroxylation sites is 1. The highest BCUT2D eigenvalue weighted by Crippen LogP contribution is 2.18. The van der Waals surface area contributed by atoms with Crippen LogP contribution in [0, 0.1) is 0 Å². The minimum absolute atomic E-state index is 1.13. The molecule has 0 spiro atoms. The van der Waals surface area contributed by atoms with Crippen molar-refractivity contribution in [2.45, 2.75) is 6.42 Å². The lowest BCUT2D eigenvalue weighted by Crippen LogP contribution is -2.44. The number of nitrogens with zero attached hydrogens (tertiary/aromatic N) is 2. The van der Waals surface area contributed by atoms with Crippen LogP contribution in [-0.4, -0.2) is 42.2 Å². The van der Waals surface area contributed by atoms with E-state index < -0.39 is 0 Å². The third-order valence-corrected chi connectivity index (χ3v) is 3.94. The van der Waals surface area contributed by atoms with Crippen LogP contribution in [0.15, 0.2) is 30.3 Å². The Bertz CT molecular complexity index is 524. The number of aromatic nitrogens is 1. The first-order chi connectivity index (χ1) is 8.84. The SMILES string of the molecule is Cn1c(CCN2CCNCC2)cc2ccccc21. The minimum Gasteiger partial charge on any atom is -0.348 e. The van der Waals surface area contributed by atoms with Gasteiger partial charge in [-0.25, -0.2) is 0 Å². The highest BCUT2D eigenvalue weighted by molar-refractivity contribution is 5.81. The first-order valence-electron chi connectivity index (χ1n) is 6.81. The van der Waals surface area contributed by atoms with Gasteiger partial charge in [0.1, 0.15) is 0 Å². The summed E-state index contributed by atoms with van der Waals surface area (Å²) in [4.78, 5) is 2.55. The molecule has 96 valence electrons. The Morgan fingerprint density at radius 2 is 1.94 bits per heavy atom. The number of hydrogen-bond acceptors (Lipinski definition) is 2. The molecule has 3 heteroatoms. The van der Waals surface area contributed by atoms with Crippen molar-refractivity contribution in [1.29, 1.82) is 0 Å². The molecule has 0 amide bonds. The maximum Gasteiger partial charge on any atom is 0.0479 e. The first-order valence-corrected chi connectivity index (χ1v) is 6.81. The van der Waals surface area contributed by atoms with E-state index in [9.17, 15) is 0 Å². The van der Waals surface area contributed by atoms with Crippen molar-refractivity contribution in [1.82, 2.24) is 14.8 Å². The monoisotopic (exact) mass is 243 g/mol. The van der Waals surface area contributed by atoms with E-state index in [-0.39, 0.29) is 0 Å². The van der Waals surface area contributed by atoms with Gasteiger partial charge >= 0.3 is 0 Å². The second-order valence-electron chi connectivity index (χ2n) is 5.10. The smallest absolute Gasteiger partial charge is 0.0479 e. The van der Waals surface area contributed by atoms with E-state index in [4.69, 9.17) is 0 Å². The average molecular weight is 243 g/mol. The molecular formula is C15H21N3. The molecule has 0 saturated carbocycles. The maximum absolute atomic E-state index is 3.40. The zero-order valence-corrected chi connectivity index (χ0v) is 11.0. The second kappa shape index (κ2) is 5.12. The summed E-state index contributed by atoms with van der Waals surface area (Å²) in [5.41, 5.74) is 2.78.